The number of hydrazine groups is 1. The van der Waals surface area contributed by atoms with Crippen LogP contribution in [-0.4, -0.2) is 51.3 Å². The Balaban J connectivity index is 2.03. The van der Waals surface area contributed by atoms with Gasteiger partial charge in [-0.3, -0.25) is 9.59 Å². The van der Waals surface area contributed by atoms with Gasteiger partial charge in [0.2, 0.25) is 0 Å². The van der Waals surface area contributed by atoms with Gasteiger partial charge >= 0.3 is 6.09 Å². The van der Waals surface area contributed by atoms with Crippen molar-refractivity contribution in [3.05, 3.63) is 76.9 Å². The molecule has 2 N–H and O–H groups in total. The van der Waals surface area contributed by atoms with Gasteiger partial charge in [0, 0.05) is 21.2 Å². The van der Waals surface area contributed by atoms with Crippen molar-refractivity contribution in [2.45, 2.75) is 0 Å². The fraction of sp³-hybridized carbons (Fsp3) is 0.0952. The number of methoxy groups -OCH3 is 1. The van der Waals surface area contributed by atoms with Gasteiger partial charge in [0.05, 0.1) is 29.9 Å². The number of hydrogen-bond donors (Lipinski definition) is 2. The highest BCUT2D eigenvalue weighted by molar-refractivity contribution is 9.11. The molecule has 0 atom stereocenters. The molecule has 0 radical (unpaired) electrons. The average molecular weight is 760 g/mol. The number of benzene rings is 1. The molecule has 0 unspecified atom stereocenters. The molecular formula is C21H14Br3Cl3N6O4. The van der Waals surface area contributed by atoms with Crippen molar-refractivity contribution in [2.24, 2.45) is 0 Å². The van der Waals surface area contributed by atoms with E-state index in [0.717, 1.165) is 12.1 Å². The average Bonchev–Trinajstić information content (AvgIpc) is 3.24. The molecule has 37 heavy (non-hydrogen) atoms. The zero-order valence-corrected chi connectivity index (χ0v) is 25.5. The molecule has 0 bridgehead atoms. The van der Waals surface area contributed by atoms with Crippen LogP contribution >= 0.6 is 82.6 Å². The molecule has 0 fully saturated rings. The number of amides is 3. The molecule has 0 aliphatic rings. The van der Waals surface area contributed by atoms with Crippen molar-refractivity contribution < 1.29 is 19.1 Å². The van der Waals surface area contributed by atoms with Crippen LogP contribution in [0, 0.1) is 0 Å². The largest absolute Gasteiger partial charge is 0.452 e. The van der Waals surface area contributed by atoms with Crippen LogP contribution in [0.1, 0.15) is 20.8 Å². The fourth-order valence-corrected chi connectivity index (χ4v) is 4.94. The molecule has 0 spiro atoms. The number of halogens is 6. The number of anilines is 1. The van der Waals surface area contributed by atoms with Crippen molar-refractivity contribution in [2.75, 3.05) is 19.0 Å². The Labute approximate surface area is 250 Å². The summed E-state index contributed by atoms with van der Waals surface area (Å²) in [7, 11) is 1.14. The van der Waals surface area contributed by atoms with E-state index in [1.54, 1.807) is 18.2 Å². The normalized spacial score (nSPS) is 10.5. The molecule has 2 heterocycles. The molecule has 16 heteroatoms. The summed E-state index contributed by atoms with van der Waals surface area (Å²) in [6.07, 6.45) is 1.88. The highest BCUT2D eigenvalue weighted by atomic mass is 79.9. The quantitative estimate of drug-likeness (QED) is 0.278. The van der Waals surface area contributed by atoms with Gasteiger partial charge in [-0.1, -0.05) is 50.7 Å². The molecule has 10 nitrogen and oxygen atoms in total. The summed E-state index contributed by atoms with van der Waals surface area (Å²) in [5, 5.41) is 8.14. The fourth-order valence-electron chi connectivity index (χ4n) is 2.90. The van der Waals surface area contributed by atoms with Crippen LogP contribution in [0.2, 0.25) is 5.02 Å². The summed E-state index contributed by atoms with van der Waals surface area (Å²) >= 11 is 27.6. The lowest BCUT2D eigenvalue weighted by Gasteiger charge is -2.23. The summed E-state index contributed by atoms with van der Waals surface area (Å²) in [6, 6.07) is 7.80. The van der Waals surface area contributed by atoms with E-state index in [2.05, 4.69) is 73.4 Å². The maximum atomic E-state index is 13.5. The number of hydrogen-bond acceptors (Lipinski definition) is 6. The van der Waals surface area contributed by atoms with Crippen molar-refractivity contribution >= 4 is 106 Å². The molecule has 0 saturated heterocycles. The van der Waals surface area contributed by atoms with Crippen LogP contribution in [0.15, 0.2) is 60.6 Å². The minimum atomic E-state index is -0.909. The first-order chi connectivity index (χ1) is 17.5. The Morgan fingerprint density at radius 2 is 1.92 bits per heavy atom. The van der Waals surface area contributed by atoms with E-state index < -0.39 is 17.9 Å². The number of pyridine rings is 1. The number of carbonyl (C=O) groups is 3. The first-order valence-corrected chi connectivity index (χ1v) is 13.4. The minimum absolute atomic E-state index is 0.00565. The number of carbonyl (C=O) groups excluding carboxylic acids is 3. The topological polar surface area (TPSA) is 118 Å². The zero-order valence-electron chi connectivity index (χ0n) is 18.4. The van der Waals surface area contributed by atoms with Gasteiger partial charge in [0.15, 0.2) is 5.82 Å². The maximum Gasteiger partial charge on any atom is 0.425 e. The molecule has 0 aliphatic carbocycles. The third-order valence-corrected chi connectivity index (χ3v) is 6.54. The van der Waals surface area contributed by atoms with Crippen molar-refractivity contribution in [3.8, 4) is 5.82 Å². The van der Waals surface area contributed by atoms with E-state index in [1.165, 1.54) is 29.1 Å². The molecule has 3 aromatic rings. The molecule has 3 rings (SSSR count). The number of rotatable bonds is 6. The predicted molar refractivity (Wildman–Crippen MR) is 150 cm³/mol. The van der Waals surface area contributed by atoms with E-state index in [0.29, 0.717) is 13.5 Å². The second-order valence-electron chi connectivity index (χ2n) is 6.85. The zero-order chi connectivity index (χ0) is 27.3. The minimum Gasteiger partial charge on any atom is -0.452 e. The van der Waals surface area contributed by atoms with E-state index in [9.17, 15) is 14.4 Å². The van der Waals surface area contributed by atoms with Gasteiger partial charge in [-0.05, 0) is 62.2 Å². The Hall–Kier alpha value is -2.16. The molecule has 1 aromatic carbocycles. The lowest BCUT2D eigenvalue weighted by Crippen LogP contribution is -2.46. The van der Waals surface area contributed by atoms with Crippen LogP contribution < -0.4 is 10.7 Å². The standard InChI is InChI=1S/C21H14Br3Cl3N6O4/c1-37-21(36)31-32(6-4-16(26)27)20(35)11-7-10(22)8-12(23)17(11)29-19(34)14-9-15(24)30-33(14)18-13(25)3-2-5-28-18/h2-5,7-9H,6H2,1H3,(H,29,34)(H,31,36). The second-order valence-corrected chi connectivity index (χ2v) is 10.8. The monoisotopic (exact) mass is 756 g/mol. The van der Waals surface area contributed by atoms with Crippen molar-refractivity contribution in [1.82, 2.24) is 25.2 Å². The second kappa shape index (κ2) is 13.1. The summed E-state index contributed by atoms with van der Waals surface area (Å²) in [5.74, 6) is -1.12. The number of aromatic nitrogens is 3. The Morgan fingerprint density at radius 1 is 1.19 bits per heavy atom. The van der Waals surface area contributed by atoms with Crippen LogP contribution in [-0.2, 0) is 4.74 Å². The molecular weight excluding hydrogens is 746 g/mol. The number of nitrogens with one attached hydrogen (secondary N) is 2. The molecule has 0 saturated carbocycles. The smallest absolute Gasteiger partial charge is 0.425 e. The summed E-state index contributed by atoms with van der Waals surface area (Å²) in [6.45, 7) is -0.203. The lowest BCUT2D eigenvalue weighted by atomic mass is 10.1. The van der Waals surface area contributed by atoms with E-state index in [-0.39, 0.29) is 38.8 Å². The predicted octanol–water partition coefficient (Wildman–Crippen LogP) is 6.49. The maximum absolute atomic E-state index is 13.5. The van der Waals surface area contributed by atoms with E-state index >= 15 is 0 Å². The highest BCUT2D eigenvalue weighted by Gasteiger charge is 2.26. The third-order valence-electron chi connectivity index (χ3n) is 4.46. The SMILES string of the molecule is COC(=O)NN(CC=C(Cl)Cl)C(=O)c1cc(Br)cc(Br)c1NC(=O)c1cc(Br)nn1-c1ncccc1Cl. The van der Waals surface area contributed by atoms with Gasteiger partial charge in [-0.2, -0.15) is 5.10 Å². The number of nitrogens with zero attached hydrogens (tertiary/aromatic N) is 4. The van der Waals surface area contributed by atoms with Crippen molar-refractivity contribution in [1.29, 1.82) is 0 Å². The lowest BCUT2D eigenvalue weighted by molar-refractivity contribution is 0.0659. The van der Waals surface area contributed by atoms with Gasteiger partial charge in [0.1, 0.15) is 14.8 Å². The highest BCUT2D eigenvalue weighted by Crippen LogP contribution is 2.32. The first-order valence-electron chi connectivity index (χ1n) is 9.86. The van der Waals surface area contributed by atoms with Gasteiger partial charge in [0.25, 0.3) is 11.8 Å². The van der Waals surface area contributed by atoms with Gasteiger partial charge < -0.3 is 10.1 Å². The van der Waals surface area contributed by atoms with Crippen LogP contribution in [0.25, 0.3) is 5.82 Å². The van der Waals surface area contributed by atoms with E-state index in [1.807, 2.05) is 0 Å². The van der Waals surface area contributed by atoms with Gasteiger partial charge in [-0.25, -0.2) is 24.9 Å². The van der Waals surface area contributed by atoms with Gasteiger partial charge in [-0.15, -0.1) is 0 Å². The van der Waals surface area contributed by atoms with Crippen LogP contribution in [0.3, 0.4) is 0 Å². The van der Waals surface area contributed by atoms with Crippen molar-refractivity contribution in [3.63, 3.8) is 0 Å². The molecule has 0 aliphatic heterocycles. The number of ether oxygens (including phenoxy) is 1. The molecule has 2 aromatic heterocycles. The summed E-state index contributed by atoms with van der Waals surface area (Å²) < 4.78 is 6.95. The molecule has 194 valence electrons. The summed E-state index contributed by atoms with van der Waals surface area (Å²) in [5.41, 5.74) is 2.47. The first kappa shape index (κ1) is 29.4. The van der Waals surface area contributed by atoms with Crippen LogP contribution in [0.4, 0.5) is 10.5 Å². The Bertz CT molecular complexity index is 1400. The van der Waals surface area contributed by atoms with Crippen LogP contribution in [0.5, 0.6) is 0 Å². The summed E-state index contributed by atoms with van der Waals surface area (Å²) in [4.78, 5) is 42.9. The Morgan fingerprint density at radius 3 is 2.57 bits per heavy atom. The van der Waals surface area contributed by atoms with E-state index in [4.69, 9.17) is 34.8 Å². The third kappa shape index (κ3) is 7.45. The Kier molecular flexibility index (Phi) is 10.4. The molecule has 3 amide bonds.